The normalized spacial score (nSPS) is 9.38. The molecular weight excluding hydrogens is 194 g/mol. The highest BCUT2D eigenvalue weighted by Gasteiger charge is 2.11. The Labute approximate surface area is 79.5 Å². The monoisotopic (exact) mass is 199 g/mol. The van der Waals surface area contributed by atoms with Crippen molar-refractivity contribution in [1.29, 1.82) is 0 Å². The standard InChI is InChI=1S/C8H6ClNO3/c1-13-8(12)6-3-10-7(9)2-5(6)4-11/h2-4H,1H3. The van der Waals surface area contributed by atoms with E-state index in [1.807, 2.05) is 0 Å². The van der Waals surface area contributed by atoms with Crippen LogP contribution in [0.25, 0.3) is 0 Å². The summed E-state index contributed by atoms with van der Waals surface area (Å²) in [5.41, 5.74) is 0.286. The maximum atomic E-state index is 11.0. The van der Waals surface area contributed by atoms with E-state index in [9.17, 15) is 9.59 Å². The average molecular weight is 200 g/mol. The number of pyridine rings is 1. The molecule has 13 heavy (non-hydrogen) atoms. The van der Waals surface area contributed by atoms with Crippen LogP contribution in [-0.4, -0.2) is 24.3 Å². The van der Waals surface area contributed by atoms with E-state index < -0.39 is 5.97 Å². The van der Waals surface area contributed by atoms with Crippen molar-refractivity contribution in [3.63, 3.8) is 0 Å². The Bertz CT molecular complexity index is 351. The summed E-state index contributed by atoms with van der Waals surface area (Å²) in [7, 11) is 1.23. The zero-order chi connectivity index (χ0) is 9.84. The van der Waals surface area contributed by atoms with Crippen molar-refractivity contribution in [2.45, 2.75) is 0 Å². The van der Waals surface area contributed by atoms with Gasteiger partial charge in [0.15, 0.2) is 6.29 Å². The van der Waals surface area contributed by atoms with E-state index in [1.54, 1.807) is 0 Å². The van der Waals surface area contributed by atoms with Crippen molar-refractivity contribution in [3.8, 4) is 0 Å². The van der Waals surface area contributed by atoms with E-state index in [-0.39, 0.29) is 16.3 Å². The summed E-state index contributed by atoms with van der Waals surface area (Å²) < 4.78 is 4.44. The van der Waals surface area contributed by atoms with Gasteiger partial charge in [0.25, 0.3) is 0 Å². The molecule has 0 radical (unpaired) electrons. The van der Waals surface area contributed by atoms with E-state index in [1.165, 1.54) is 19.4 Å². The second-order valence-corrected chi connectivity index (χ2v) is 2.59. The number of carbonyl (C=O) groups excluding carboxylic acids is 2. The molecule has 0 fully saturated rings. The third kappa shape index (κ3) is 2.03. The maximum absolute atomic E-state index is 11.0. The summed E-state index contributed by atoms with van der Waals surface area (Å²) in [6.45, 7) is 0. The van der Waals surface area contributed by atoms with Gasteiger partial charge in [-0.15, -0.1) is 0 Å². The topological polar surface area (TPSA) is 56.3 Å². The first-order valence-electron chi connectivity index (χ1n) is 3.38. The van der Waals surface area contributed by atoms with E-state index >= 15 is 0 Å². The highest BCUT2D eigenvalue weighted by Crippen LogP contribution is 2.11. The van der Waals surface area contributed by atoms with Crippen LogP contribution in [0, 0.1) is 0 Å². The molecule has 0 unspecified atom stereocenters. The van der Waals surface area contributed by atoms with Gasteiger partial charge < -0.3 is 4.74 Å². The summed E-state index contributed by atoms with van der Waals surface area (Å²) in [6, 6.07) is 1.31. The van der Waals surface area contributed by atoms with Gasteiger partial charge in [-0.1, -0.05) is 11.6 Å². The van der Waals surface area contributed by atoms with Gasteiger partial charge in [-0.05, 0) is 6.07 Å². The van der Waals surface area contributed by atoms with Crippen molar-refractivity contribution in [2.24, 2.45) is 0 Å². The summed E-state index contributed by atoms with van der Waals surface area (Å²) in [5, 5.41) is 0.162. The van der Waals surface area contributed by atoms with Crippen LogP contribution in [0.3, 0.4) is 0 Å². The van der Waals surface area contributed by atoms with Crippen molar-refractivity contribution in [3.05, 3.63) is 28.5 Å². The number of ether oxygens (including phenoxy) is 1. The zero-order valence-electron chi connectivity index (χ0n) is 6.78. The van der Waals surface area contributed by atoms with Crippen LogP contribution in [0.2, 0.25) is 5.15 Å². The van der Waals surface area contributed by atoms with Crippen molar-refractivity contribution in [1.82, 2.24) is 4.98 Å². The average Bonchev–Trinajstić information content (AvgIpc) is 2.16. The quantitative estimate of drug-likeness (QED) is 0.410. The third-order valence-electron chi connectivity index (χ3n) is 1.43. The highest BCUT2D eigenvalue weighted by molar-refractivity contribution is 6.29. The minimum Gasteiger partial charge on any atom is -0.465 e. The molecule has 0 bridgehead atoms. The number of esters is 1. The van der Waals surface area contributed by atoms with Gasteiger partial charge in [-0.25, -0.2) is 9.78 Å². The van der Waals surface area contributed by atoms with Crippen molar-refractivity contribution >= 4 is 23.9 Å². The van der Waals surface area contributed by atoms with Crippen LogP contribution < -0.4 is 0 Å². The molecule has 68 valence electrons. The molecule has 1 rings (SSSR count). The predicted octanol–water partition coefficient (Wildman–Crippen LogP) is 1.33. The molecule has 1 heterocycles. The lowest BCUT2D eigenvalue weighted by Crippen LogP contribution is -2.05. The first-order chi connectivity index (χ1) is 6.19. The molecule has 0 N–H and O–H groups in total. The lowest BCUT2D eigenvalue weighted by atomic mass is 10.1. The molecule has 0 saturated carbocycles. The molecule has 1 aromatic heterocycles. The minimum atomic E-state index is -0.605. The molecule has 0 aliphatic rings. The lowest BCUT2D eigenvalue weighted by Gasteiger charge is -2.01. The Kier molecular flexibility index (Phi) is 2.97. The van der Waals surface area contributed by atoms with Crippen LogP contribution >= 0.6 is 11.6 Å². The number of nitrogens with zero attached hydrogens (tertiary/aromatic N) is 1. The Hall–Kier alpha value is -1.42. The summed E-state index contributed by atoms with van der Waals surface area (Å²) >= 11 is 5.52. The number of hydrogen-bond donors (Lipinski definition) is 0. The first-order valence-corrected chi connectivity index (χ1v) is 3.76. The fourth-order valence-corrected chi connectivity index (χ4v) is 0.988. The van der Waals surface area contributed by atoms with E-state index in [2.05, 4.69) is 9.72 Å². The molecule has 5 heteroatoms. The highest BCUT2D eigenvalue weighted by atomic mass is 35.5. The summed E-state index contributed by atoms with van der Waals surface area (Å²) in [6.07, 6.45) is 1.73. The second kappa shape index (κ2) is 4.00. The Morgan fingerprint density at radius 2 is 2.38 bits per heavy atom. The number of methoxy groups -OCH3 is 1. The van der Waals surface area contributed by atoms with Crippen molar-refractivity contribution < 1.29 is 14.3 Å². The Morgan fingerprint density at radius 3 is 2.92 bits per heavy atom. The number of hydrogen-bond acceptors (Lipinski definition) is 4. The third-order valence-corrected chi connectivity index (χ3v) is 1.64. The van der Waals surface area contributed by atoms with Crippen LogP contribution in [0.4, 0.5) is 0 Å². The van der Waals surface area contributed by atoms with Crippen molar-refractivity contribution in [2.75, 3.05) is 7.11 Å². The van der Waals surface area contributed by atoms with E-state index in [4.69, 9.17) is 11.6 Å². The molecule has 0 aliphatic heterocycles. The van der Waals surface area contributed by atoms with Gasteiger partial charge in [0, 0.05) is 11.8 Å². The van der Waals surface area contributed by atoms with Gasteiger partial charge in [0.1, 0.15) is 5.15 Å². The first kappa shape index (κ1) is 9.67. The molecular formula is C8H6ClNO3. The number of carbonyl (C=O) groups is 2. The van der Waals surface area contributed by atoms with Gasteiger partial charge in [0.2, 0.25) is 0 Å². The molecule has 4 nitrogen and oxygen atoms in total. The van der Waals surface area contributed by atoms with Crippen LogP contribution in [0.1, 0.15) is 20.7 Å². The number of halogens is 1. The lowest BCUT2D eigenvalue weighted by molar-refractivity contribution is 0.0598. The van der Waals surface area contributed by atoms with Crippen LogP contribution in [0.5, 0.6) is 0 Å². The predicted molar refractivity (Wildman–Crippen MR) is 46.0 cm³/mol. The smallest absolute Gasteiger partial charge is 0.340 e. The van der Waals surface area contributed by atoms with E-state index in [0.717, 1.165) is 0 Å². The Morgan fingerprint density at radius 1 is 1.69 bits per heavy atom. The maximum Gasteiger partial charge on any atom is 0.340 e. The minimum absolute atomic E-state index is 0.113. The fraction of sp³-hybridized carbons (Fsp3) is 0.125. The van der Waals surface area contributed by atoms with Crippen LogP contribution in [-0.2, 0) is 4.74 Å². The molecule has 0 saturated heterocycles. The van der Waals surface area contributed by atoms with Gasteiger partial charge in [-0.2, -0.15) is 0 Å². The summed E-state index contributed by atoms with van der Waals surface area (Å²) in [5.74, 6) is -0.605. The Balaban J connectivity index is 3.20. The van der Waals surface area contributed by atoms with Gasteiger partial charge in [0.05, 0.1) is 12.7 Å². The van der Waals surface area contributed by atoms with Gasteiger partial charge in [-0.3, -0.25) is 4.79 Å². The van der Waals surface area contributed by atoms with Crippen LogP contribution in [0.15, 0.2) is 12.3 Å². The molecule has 0 atom stereocenters. The SMILES string of the molecule is COC(=O)c1cnc(Cl)cc1C=O. The van der Waals surface area contributed by atoms with Gasteiger partial charge >= 0.3 is 5.97 Å². The molecule has 0 aromatic carbocycles. The molecule has 0 aliphatic carbocycles. The molecule has 1 aromatic rings. The molecule has 0 amide bonds. The number of aromatic nitrogens is 1. The number of aldehydes is 1. The summed E-state index contributed by atoms with van der Waals surface area (Å²) in [4.78, 5) is 25.2. The second-order valence-electron chi connectivity index (χ2n) is 2.20. The van der Waals surface area contributed by atoms with E-state index in [0.29, 0.717) is 6.29 Å². The fourth-order valence-electron chi connectivity index (χ4n) is 0.822. The number of rotatable bonds is 2. The molecule has 0 spiro atoms. The largest absolute Gasteiger partial charge is 0.465 e. The zero-order valence-corrected chi connectivity index (χ0v) is 7.54.